The average Bonchev–Trinajstić information content (AvgIpc) is 3.76. The zero-order valence-corrected chi connectivity index (χ0v) is 23.1. The molecule has 0 radical (unpaired) electrons. The van der Waals surface area contributed by atoms with Crippen LogP contribution < -0.4 is 15.8 Å². The molecule has 2 aliphatic carbocycles. The van der Waals surface area contributed by atoms with Crippen molar-refractivity contribution < 1.29 is 6.48 Å². The van der Waals surface area contributed by atoms with Gasteiger partial charge in [0.1, 0.15) is 11.5 Å². The van der Waals surface area contributed by atoms with Gasteiger partial charge < -0.3 is 15.3 Å². The molecule has 6 heterocycles. The molecule has 0 amide bonds. The summed E-state index contributed by atoms with van der Waals surface area (Å²) >= 11 is 0. The van der Waals surface area contributed by atoms with Gasteiger partial charge in [-0.15, -0.1) is 6.58 Å². The molecule has 2 bridgehead atoms. The number of nitrogens with zero attached hydrogens (tertiary/aromatic N) is 7. The Morgan fingerprint density at radius 1 is 1.15 bits per heavy atom. The number of aromatic nitrogens is 5. The van der Waals surface area contributed by atoms with Gasteiger partial charge in [-0.05, 0) is 75.0 Å². The van der Waals surface area contributed by atoms with Crippen LogP contribution in [0.4, 0.5) is 17.3 Å². The van der Waals surface area contributed by atoms with Gasteiger partial charge in [-0.25, -0.2) is 19.3 Å². The number of benzene rings is 1. The number of pyridine rings is 1. The Labute approximate surface area is 239 Å². The molecule has 41 heavy (non-hydrogen) atoms. The van der Waals surface area contributed by atoms with Crippen LogP contribution in [0.25, 0.3) is 16.9 Å². The maximum Gasteiger partial charge on any atom is 0.278 e. The molecular formula is C31H34N8O2. The first-order chi connectivity index (χ1) is 20.3. The monoisotopic (exact) mass is 551 g/mol. The molecule has 4 aromatic rings. The van der Waals surface area contributed by atoms with E-state index < -0.39 is 11.5 Å². The number of nitrogens with one attached hydrogen (secondary N) is 1. The van der Waals surface area contributed by atoms with E-state index in [0.717, 1.165) is 50.0 Å². The lowest BCUT2D eigenvalue weighted by atomic mass is 9.82. The van der Waals surface area contributed by atoms with Gasteiger partial charge in [-0.3, -0.25) is 9.69 Å². The van der Waals surface area contributed by atoms with E-state index in [0.29, 0.717) is 40.6 Å². The van der Waals surface area contributed by atoms with Crippen LogP contribution in [0.2, 0.25) is 0 Å². The van der Waals surface area contributed by atoms with Crippen molar-refractivity contribution in [1.29, 1.82) is 0 Å². The maximum atomic E-state index is 13.4. The smallest absolute Gasteiger partial charge is 0.278 e. The van der Waals surface area contributed by atoms with Crippen LogP contribution in [-0.2, 0) is 13.0 Å². The minimum absolute atomic E-state index is 0.237. The number of rotatable bonds is 6. The second kappa shape index (κ2) is 8.99. The summed E-state index contributed by atoms with van der Waals surface area (Å²) in [6, 6.07) is 13.3. The van der Waals surface area contributed by atoms with E-state index in [9.17, 15) is 9.90 Å². The Bertz CT molecular complexity index is 1780. The van der Waals surface area contributed by atoms with Crippen LogP contribution in [0.15, 0.2) is 60.0 Å². The molecular weight excluding hydrogens is 516 g/mol. The zero-order valence-electron chi connectivity index (χ0n) is 24.1. The highest BCUT2D eigenvalue weighted by molar-refractivity contribution is 5.77. The highest BCUT2D eigenvalue weighted by Gasteiger charge is 2.52. The predicted molar refractivity (Wildman–Crippen MR) is 158 cm³/mol. The maximum absolute atomic E-state index is 13.4. The lowest BCUT2D eigenvalue weighted by Crippen LogP contribution is -2.67. The molecule has 2 N–H and O–H groups in total. The molecule has 5 aliphatic rings. The number of hydrogen-bond donors (Lipinski definition) is 2. The van der Waals surface area contributed by atoms with Gasteiger partial charge in [-0.1, -0.05) is 12.1 Å². The standard InChI is InChI=1S/C31H34N8O2/c1-3-14-38-29(41)24-16-32-30(33-20-5-7-21(8-6-20)37-17-22-15-23(18-37)36(22)2)35-28(24)39(38)25-9-4-19-10-11-31(12-13-31)27(40)26(19)34-25/h3-9,16,22-23,27,40H,1,10-15,17-18H2,2H3,(H,32,33,35)/i27D. The average molecular weight is 552 g/mol. The van der Waals surface area contributed by atoms with Crippen molar-refractivity contribution in [1.82, 2.24) is 29.2 Å². The van der Waals surface area contributed by atoms with Crippen LogP contribution in [0.3, 0.4) is 0 Å². The van der Waals surface area contributed by atoms with Crippen molar-refractivity contribution in [2.45, 2.75) is 56.8 Å². The third kappa shape index (κ3) is 3.84. The van der Waals surface area contributed by atoms with Crippen molar-refractivity contribution in [2.24, 2.45) is 5.41 Å². The summed E-state index contributed by atoms with van der Waals surface area (Å²) in [5.41, 5.74) is 3.00. The van der Waals surface area contributed by atoms with E-state index in [1.54, 1.807) is 10.8 Å². The van der Waals surface area contributed by atoms with Gasteiger partial charge in [0.05, 0.1) is 13.6 Å². The molecule has 4 fully saturated rings. The van der Waals surface area contributed by atoms with Crippen LogP contribution in [0.1, 0.15) is 44.4 Å². The molecule has 3 aliphatic heterocycles. The minimum atomic E-state index is -1.76. The number of aryl methyl sites for hydroxylation is 1. The Hall–Kier alpha value is -4.02. The Morgan fingerprint density at radius 2 is 1.93 bits per heavy atom. The minimum Gasteiger partial charge on any atom is -0.386 e. The molecule has 10 heteroatoms. The first-order valence-electron chi connectivity index (χ1n) is 14.9. The van der Waals surface area contributed by atoms with Gasteiger partial charge in [0.2, 0.25) is 5.95 Å². The van der Waals surface area contributed by atoms with Crippen molar-refractivity contribution in [3.05, 3.63) is 76.9 Å². The van der Waals surface area contributed by atoms with Crippen LogP contribution in [0, 0.1) is 5.41 Å². The van der Waals surface area contributed by atoms with Crippen LogP contribution >= 0.6 is 0 Å². The predicted octanol–water partition coefficient (Wildman–Crippen LogP) is 3.56. The summed E-state index contributed by atoms with van der Waals surface area (Å²) in [4.78, 5) is 32.3. The SMILES string of the molecule is [2H]C1(O)c2nc(-n3c4nc(Nc5ccc(N6CC7CC(C6)N7C)cc5)ncc4c(=O)n3CC=C)ccc2CCC12CC2. The van der Waals surface area contributed by atoms with E-state index in [1.807, 2.05) is 24.3 Å². The van der Waals surface area contributed by atoms with Gasteiger partial charge >= 0.3 is 0 Å². The first kappa shape index (κ1) is 23.7. The summed E-state index contributed by atoms with van der Waals surface area (Å²) in [7, 11) is 2.21. The van der Waals surface area contributed by atoms with Crippen molar-refractivity contribution in [3.8, 4) is 5.82 Å². The fourth-order valence-corrected chi connectivity index (χ4v) is 6.88. The molecule has 10 nitrogen and oxygen atoms in total. The van der Waals surface area contributed by atoms with E-state index in [2.05, 4.69) is 45.9 Å². The third-order valence-electron chi connectivity index (χ3n) is 9.66. The third-order valence-corrected chi connectivity index (χ3v) is 9.66. The lowest BCUT2D eigenvalue weighted by Gasteiger charge is -2.55. The summed E-state index contributed by atoms with van der Waals surface area (Å²) in [5.74, 6) is 0.776. The van der Waals surface area contributed by atoms with Gasteiger partial charge in [0.15, 0.2) is 11.5 Å². The van der Waals surface area contributed by atoms with Crippen molar-refractivity contribution in [3.63, 3.8) is 0 Å². The van der Waals surface area contributed by atoms with Gasteiger partial charge in [0.25, 0.3) is 5.56 Å². The number of hydrogen-bond acceptors (Lipinski definition) is 8. The molecule has 3 saturated heterocycles. The number of anilines is 3. The number of aliphatic hydroxyl groups is 1. The molecule has 3 unspecified atom stereocenters. The Balaban J connectivity index is 1.14. The summed E-state index contributed by atoms with van der Waals surface area (Å²) in [6.07, 6.45) is 5.92. The quantitative estimate of drug-likeness (QED) is 0.351. The highest BCUT2D eigenvalue weighted by atomic mass is 16.3. The van der Waals surface area contributed by atoms with Gasteiger partial charge in [0, 0.05) is 48.2 Å². The molecule has 1 aromatic carbocycles. The molecule has 9 rings (SSSR count). The number of allylic oxidation sites excluding steroid dienone is 1. The van der Waals surface area contributed by atoms with E-state index in [-0.39, 0.29) is 12.1 Å². The van der Waals surface area contributed by atoms with Crippen molar-refractivity contribution in [2.75, 3.05) is 30.4 Å². The van der Waals surface area contributed by atoms with E-state index in [1.165, 1.54) is 23.0 Å². The lowest BCUT2D eigenvalue weighted by molar-refractivity contribution is 0.0264. The largest absolute Gasteiger partial charge is 0.386 e. The number of piperazine rings is 1. The fourth-order valence-electron chi connectivity index (χ4n) is 6.88. The molecule has 1 saturated carbocycles. The second-order valence-corrected chi connectivity index (χ2v) is 12.0. The molecule has 3 aromatic heterocycles. The normalized spacial score (nSPS) is 26.4. The number of fused-ring (bicyclic) bond motifs is 4. The summed E-state index contributed by atoms with van der Waals surface area (Å²) in [5, 5.41) is 14.9. The highest BCUT2D eigenvalue weighted by Crippen LogP contribution is 2.60. The molecule has 3 atom stereocenters. The van der Waals surface area contributed by atoms with E-state index in [4.69, 9.17) is 11.3 Å². The zero-order chi connectivity index (χ0) is 28.8. The first-order valence-corrected chi connectivity index (χ1v) is 14.4. The van der Waals surface area contributed by atoms with Crippen LogP contribution in [-0.4, -0.2) is 66.5 Å². The van der Waals surface area contributed by atoms with Crippen LogP contribution in [0.5, 0.6) is 0 Å². The Kier molecular flexibility index (Phi) is 5.19. The number of piperidine rings is 1. The second-order valence-electron chi connectivity index (χ2n) is 12.0. The Morgan fingerprint density at radius 3 is 2.63 bits per heavy atom. The van der Waals surface area contributed by atoms with Crippen molar-refractivity contribution >= 4 is 28.4 Å². The fraction of sp³-hybridized carbons (Fsp3) is 0.419. The molecule has 210 valence electrons. The van der Waals surface area contributed by atoms with E-state index >= 15 is 0 Å². The topological polar surface area (TPSA) is 104 Å². The molecule has 1 spiro atoms. The van der Waals surface area contributed by atoms with Gasteiger partial charge in [-0.2, -0.15) is 4.98 Å². The summed E-state index contributed by atoms with van der Waals surface area (Å²) in [6.45, 7) is 6.17. The number of likely N-dealkylation sites (N-methyl/N-ethyl adjacent to an activating group) is 1. The summed E-state index contributed by atoms with van der Waals surface area (Å²) < 4.78 is 12.0.